The number of aromatic nitrogens is 8. The average molecular weight is 1590 g/mol. The number of benzene rings is 18. The third kappa shape index (κ3) is 13.1. The molecule has 0 atom stereocenters. The first-order chi connectivity index (χ1) is 61.5. The Kier molecular flexibility index (Phi) is 18.0. The van der Waals surface area contributed by atoms with Gasteiger partial charge in [-0.25, -0.2) is 29.9 Å². The molecular weight excluding hydrogens is 1510 g/mol. The molecular formula is C114H72N8O2. The van der Waals surface area contributed by atoms with Crippen LogP contribution in [-0.4, -0.2) is 39.0 Å². The molecule has 10 heteroatoms. The molecule has 0 spiro atoms. The Labute approximate surface area is 713 Å². The largest absolute Gasteiger partial charge is 0.455 e. The van der Waals surface area contributed by atoms with Gasteiger partial charge >= 0.3 is 0 Å². The highest BCUT2D eigenvalue weighted by Crippen LogP contribution is 2.48. The van der Waals surface area contributed by atoms with Crippen LogP contribution in [0.5, 0.6) is 0 Å². The van der Waals surface area contributed by atoms with Gasteiger partial charge in [0.15, 0.2) is 34.9 Å². The third-order valence-corrected chi connectivity index (χ3v) is 23.7. The SMILES string of the molecule is c1ccc(-c2ccc(-c3cc(-n4c5ccccc5c5ccc(-c6ccccc6)cc54)cc4c3oc3cccc(-c5nc(-c6ccccc6)nc(-c6ccccc6)n5)c34)cc2)cc1.c1ccc(-c2cccc(-c3cc(-n4c5ccccc5c5cc(-c6ccccc6)ccc54)cc4c3oc3cccc(-c5nc(-c6ccccc6)nc(-c6ccccc6)n5)c34)c2)cc1. The van der Waals surface area contributed by atoms with Crippen molar-refractivity contribution in [1.82, 2.24) is 39.0 Å². The Morgan fingerprint density at radius 3 is 0.911 bits per heavy atom. The van der Waals surface area contributed by atoms with Gasteiger partial charge in [-0.15, -0.1) is 0 Å². The van der Waals surface area contributed by atoms with Gasteiger partial charge in [0.25, 0.3) is 0 Å². The number of hydrogen-bond acceptors (Lipinski definition) is 8. The Morgan fingerprint density at radius 1 is 0.161 bits per heavy atom. The minimum atomic E-state index is 0.578. The highest BCUT2D eigenvalue weighted by molar-refractivity contribution is 6.19. The van der Waals surface area contributed by atoms with Crippen LogP contribution >= 0.6 is 0 Å². The summed E-state index contributed by atoms with van der Waals surface area (Å²) in [7, 11) is 0. The molecule has 0 unspecified atom stereocenters. The zero-order chi connectivity index (χ0) is 82.0. The molecule has 24 aromatic rings. The van der Waals surface area contributed by atoms with E-state index < -0.39 is 0 Å². The van der Waals surface area contributed by atoms with Crippen molar-refractivity contribution < 1.29 is 8.83 Å². The number of para-hydroxylation sites is 2. The van der Waals surface area contributed by atoms with Gasteiger partial charge in [0.2, 0.25) is 0 Å². The van der Waals surface area contributed by atoms with Gasteiger partial charge in [-0.1, -0.05) is 364 Å². The molecule has 10 nitrogen and oxygen atoms in total. The fourth-order valence-corrected chi connectivity index (χ4v) is 17.8. The van der Waals surface area contributed by atoms with E-state index in [9.17, 15) is 0 Å². The van der Waals surface area contributed by atoms with E-state index in [1.54, 1.807) is 0 Å². The molecule has 6 heterocycles. The standard InChI is InChI=1S/2C57H36N4O/c1-5-17-37(18-6-1)41-25-15-26-43(33-41)47-35-44(61-50-29-14-13-27-45(50)48-34-42(31-32-51(48)61)38-19-7-2-8-20-38)36-49-53-46(28-16-30-52(53)62-54(47)49)57-59-55(39-21-9-3-10-22-39)58-56(60-57)40-23-11-4-12-24-40;1-5-16-37(17-6-1)39-28-30-40(31-29-39)48-35-44(61-50-26-14-13-24-45(50)46-33-32-43(34-51(46)61)38-18-7-2-8-19-38)36-49-53-47(25-15-27-52(53)62-54(48)49)57-59-55(41-20-9-3-10-21-41)58-56(60-57)42-22-11-4-12-23-42/h2*1-36H. The van der Waals surface area contributed by atoms with E-state index in [1.807, 2.05) is 146 Å². The summed E-state index contributed by atoms with van der Waals surface area (Å²) in [6.07, 6.45) is 0. The summed E-state index contributed by atoms with van der Waals surface area (Å²) in [5.41, 5.74) is 28.5. The highest BCUT2D eigenvalue weighted by Gasteiger charge is 2.27. The quantitative estimate of drug-likeness (QED) is 0.106. The zero-order valence-electron chi connectivity index (χ0n) is 67.0. The normalized spacial score (nSPS) is 11.5. The highest BCUT2D eigenvalue weighted by atomic mass is 16.3. The maximum atomic E-state index is 7.01. The Balaban J connectivity index is 0.000000143. The summed E-state index contributed by atoms with van der Waals surface area (Å²) in [6, 6.07) is 153. The number of fused-ring (bicyclic) bond motifs is 12. The van der Waals surface area contributed by atoms with Gasteiger partial charge in [-0.2, -0.15) is 0 Å². The van der Waals surface area contributed by atoms with Crippen molar-refractivity contribution in [2.45, 2.75) is 0 Å². The summed E-state index contributed by atoms with van der Waals surface area (Å²) in [5, 5.41) is 8.62. The molecule has 6 aromatic heterocycles. The molecule has 0 bridgehead atoms. The van der Waals surface area contributed by atoms with Crippen molar-refractivity contribution in [2.75, 3.05) is 0 Å². The van der Waals surface area contributed by atoms with E-state index in [0.29, 0.717) is 34.9 Å². The van der Waals surface area contributed by atoms with Crippen LogP contribution in [0.2, 0.25) is 0 Å². The van der Waals surface area contributed by atoms with Crippen LogP contribution in [0.15, 0.2) is 446 Å². The van der Waals surface area contributed by atoms with E-state index in [4.69, 9.17) is 38.7 Å². The first-order valence-corrected chi connectivity index (χ1v) is 41.7. The number of nitrogens with zero attached hydrogens (tertiary/aromatic N) is 8. The van der Waals surface area contributed by atoms with Gasteiger partial charge in [0.05, 0.1) is 22.1 Å². The van der Waals surface area contributed by atoms with Crippen molar-refractivity contribution in [3.8, 4) is 146 Å². The number of rotatable bonds is 14. The summed E-state index contributed by atoms with van der Waals surface area (Å²) >= 11 is 0. The van der Waals surface area contributed by atoms with Gasteiger partial charge in [0, 0.05) is 99.0 Å². The molecule has 0 N–H and O–H groups in total. The minimum Gasteiger partial charge on any atom is -0.455 e. The van der Waals surface area contributed by atoms with Crippen LogP contribution < -0.4 is 0 Å². The monoisotopic (exact) mass is 1580 g/mol. The second-order valence-electron chi connectivity index (χ2n) is 31.2. The summed E-state index contributed by atoms with van der Waals surface area (Å²) in [6.45, 7) is 0. The van der Waals surface area contributed by atoms with Crippen molar-refractivity contribution in [1.29, 1.82) is 0 Å². The second kappa shape index (κ2) is 30.8. The van der Waals surface area contributed by atoms with E-state index >= 15 is 0 Å². The first-order valence-electron chi connectivity index (χ1n) is 41.7. The lowest BCUT2D eigenvalue weighted by atomic mass is 9.96. The van der Waals surface area contributed by atoms with Gasteiger partial charge < -0.3 is 18.0 Å². The summed E-state index contributed by atoms with van der Waals surface area (Å²) in [4.78, 5) is 30.7. The third-order valence-electron chi connectivity index (χ3n) is 23.7. The molecule has 0 aliphatic rings. The fourth-order valence-electron chi connectivity index (χ4n) is 17.8. The molecule has 24 rings (SSSR count). The smallest absolute Gasteiger partial charge is 0.164 e. The lowest BCUT2D eigenvalue weighted by molar-refractivity contribution is 0.669. The van der Waals surface area contributed by atoms with Crippen molar-refractivity contribution in [3.63, 3.8) is 0 Å². The molecule has 0 aliphatic carbocycles. The van der Waals surface area contributed by atoms with Crippen LogP contribution in [0.25, 0.3) is 234 Å². The summed E-state index contributed by atoms with van der Waals surface area (Å²) < 4.78 is 18.8. The van der Waals surface area contributed by atoms with Crippen LogP contribution in [0.3, 0.4) is 0 Å². The maximum Gasteiger partial charge on any atom is 0.164 e. The van der Waals surface area contributed by atoms with Crippen LogP contribution in [0.1, 0.15) is 0 Å². The van der Waals surface area contributed by atoms with Crippen molar-refractivity contribution in [2.24, 2.45) is 0 Å². The zero-order valence-corrected chi connectivity index (χ0v) is 67.0. The van der Waals surface area contributed by atoms with Crippen LogP contribution in [0, 0.1) is 0 Å². The first kappa shape index (κ1) is 72.4. The van der Waals surface area contributed by atoms with Gasteiger partial charge in [-0.3, -0.25) is 0 Å². The molecule has 124 heavy (non-hydrogen) atoms. The molecule has 0 fully saturated rings. The fraction of sp³-hybridized carbons (Fsp3) is 0. The molecule has 0 aliphatic heterocycles. The summed E-state index contributed by atoms with van der Waals surface area (Å²) in [5.74, 6) is 3.60. The van der Waals surface area contributed by atoms with Gasteiger partial charge in [0.1, 0.15) is 22.3 Å². The second-order valence-corrected chi connectivity index (χ2v) is 31.2. The van der Waals surface area contributed by atoms with Crippen molar-refractivity contribution in [3.05, 3.63) is 437 Å². The van der Waals surface area contributed by atoms with Crippen LogP contribution in [-0.2, 0) is 0 Å². The van der Waals surface area contributed by atoms with E-state index in [0.717, 1.165) is 155 Å². The number of hydrogen-bond donors (Lipinski definition) is 0. The lowest BCUT2D eigenvalue weighted by Crippen LogP contribution is -2.00. The molecule has 0 amide bonds. The predicted octanol–water partition coefficient (Wildman–Crippen LogP) is 29.7. The topological polar surface area (TPSA) is 113 Å². The number of furan rings is 2. The Morgan fingerprint density at radius 2 is 0.460 bits per heavy atom. The molecule has 0 radical (unpaired) electrons. The van der Waals surface area contributed by atoms with E-state index in [1.165, 1.54) is 43.8 Å². The van der Waals surface area contributed by atoms with E-state index in [-0.39, 0.29) is 0 Å². The Hall–Kier alpha value is -16.8. The van der Waals surface area contributed by atoms with Crippen molar-refractivity contribution >= 4 is 87.5 Å². The maximum absolute atomic E-state index is 7.01. The molecule has 0 saturated carbocycles. The van der Waals surface area contributed by atoms with Crippen LogP contribution in [0.4, 0.5) is 0 Å². The van der Waals surface area contributed by atoms with Gasteiger partial charge in [-0.05, 0) is 128 Å². The lowest BCUT2D eigenvalue weighted by Gasteiger charge is -2.13. The molecule has 0 saturated heterocycles. The Bertz CT molecular complexity index is 8060. The molecule has 580 valence electrons. The van der Waals surface area contributed by atoms with E-state index in [2.05, 4.69) is 300 Å². The predicted molar refractivity (Wildman–Crippen MR) is 508 cm³/mol. The average Bonchev–Trinajstić information content (AvgIpc) is 1.57. The minimum absolute atomic E-state index is 0.578. The molecule has 18 aromatic carbocycles.